The lowest BCUT2D eigenvalue weighted by molar-refractivity contribution is 0.519. The van der Waals surface area contributed by atoms with Crippen LogP contribution in [0.2, 0.25) is 0 Å². The average molecular weight is 314 g/mol. The van der Waals surface area contributed by atoms with E-state index in [1.54, 1.807) is 0 Å². The maximum absolute atomic E-state index is 13.7. The van der Waals surface area contributed by atoms with Crippen molar-refractivity contribution in [1.29, 1.82) is 0 Å². The molecule has 0 radical (unpaired) electrons. The largest absolute Gasteiger partial charge is 0.313 e. The molecule has 0 unspecified atom stereocenters. The first-order valence-electron chi connectivity index (χ1n) is 7.51. The number of rotatable bonds is 7. The van der Waals surface area contributed by atoms with Crippen molar-refractivity contribution in [2.24, 2.45) is 5.92 Å². The van der Waals surface area contributed by atoms with Gasteiger partial charge in [0.1, 0.15) is 5.82 Å². The first-order chi connectivity index (χ1) is 10.0. The summed E-state index contributed by atoms with van der Waals surface area (Å²) in [7, 11) is -3.56. The number of sulfonamides is 1. The van der Waals surface area contributed by atoms with E-state index in [2.05, 4.69) is 10.0 Å². The van der Waals surface area contributed by atoms with Gasteiger partial charge in [0.05, 0.1) is 4.90 Å². The van der Waals surface area contributed by atoms with Gasteiger partial charge in [-0.25, -0.2) is 17.5 Å². The van der Waals surface area contributed by atoms with E-state index < -0.39 is 10.0 Å². The summed E-state index contributed by atoms with van der Waals surface area (Å²) < 4.78 is 40.9. The van der Waals surface area contributed by atoms with Gasteiger partial charge in [-0.2, -0.15) is 0 Å². The molecule has 1 fully saturated rings. The van der Waals surface area contributed by atoms with Crippen LogP contribution in [0.25, 0.3) is 0 Å². The van der Waals surface area contributed by atoms with E-state index in [-0.39, 0.29) is 10.7 Å². The third-order valence-electron chi connectivity index (χ3n) is 3.93. The number of hydrogen-bond acceptors (Lipinski definition) is 3. The molecule has 1 saturated carbocycles. The lowest BCUT2D eigenvalue weighted by atomic mass is 10.1. The number of benzene rings is 1. The second-order valence-electron chi connectivity index (χ2n) is 5.54. The van der Waals surface area contributed by atoms with Crippen molar-refractivity contribution < 1.29 is 12.8 Å². The molecule has 4 nitrogen and oxygen atoms in total. The van der Waals surface area contributed by atoms with Crippen LogP contribution < -0.4 is 10.0 Å². The minimum absolute atomic E-state index is 0.134. The summed E-state index contributed by atoms with van der Waals surface area (Å²) in [5.41, 5.74) is 0.376. The standard InChI is InChI=1S/C15H23FN2O2S/c1-2-17-11-13-9-14(7-8-15(13)16)21(19,20)18-10-12-5-3-4-6-12/h7-9,12,17-18H,2-6,10-11H2,1H3. The van der Waals surface area contributed by atoms with Crippen LogP contribution in [-0.2, 0) is 16.6 Å². The molecule has 1 aliphatic carbocycles. The molecule has 118 valence electrons. The van der Waals surface area contributed by atoms with Crippen LogP contribution >= 0.6 is 0 Å². The zero-order chi connectivity index (χ0) is 15.3. The summed E-state index contributed by atoms with van der Waals surface area (Å²) in [6.07, 6.45) is 4.51. The van der Waals surface area contributed by atoms with E-state index in [0.717, 1.165) is 12.8 Å². The summed E-state index contributed by atoms with van der Waals surface area (Å²) in [6, 6.07) is 3.95. The van der Waals surface area contributed by atoms with Gasteiger partial charge in [-0.15, -0.1) is 0 Å². The van der Waals surface area contributed by atoms with E-state index in [4.69, 9.17) is 0 Å². The molecule has 1 aliphatic rings. The van der Waals surface area contributed by atoms with Gasteiger partial charge in [-0.05, 0) is 43.5 Å². The Balaban J connectivity index is 2.07. The first kappa shape index (κ1) is 16.4. The molecule has 21 heavy (non-hydrogen) atoms. The highest BCUT2D eigenvalue weighted by atomic mass is 32.2. The van der Waals surface area contributed by atoms with E-state index in [1.807, 2.05) is 6.92 Å². The Labute approximate surface area is 126 Å². The van der Waals surface area contributed by atoms with Crippen molar-refractivity contribution in [1.82, 2.24) is 10.0 Å². The molecule has 0 aliphatic heterocycles. The third kappa shape index (κ3) is 4.49. The minimum atomic E-state index is -3.56. The summed E-state index contributed by atoms with van der Waals surface area (Å²) in [5, 5.41) is 3.01. The van der Waals surface area contributed by atoms with Crippen LogP contribution in [0.5, 0.6) is 0 Å². The summed E-state index contributed by atoms with van der Waals surface area (Å²) in [4.78, 5) is 0.134. The molecule has 6 heteroatoms. The third-order valence-corrected chi connectivity index (χ3v) is 5.35. The highest BCUT2D eigenvalue weighted by Crippen LogP contribution is 2.24. The maximum atomic E-state index is 13.7. The van der Waals surface area contributed by atoms with E-state index >= 15 is 0 Å². The molecule has 0 saturated heterocycles. The molecule has 0 aromatic heterocycles. The highest BCUT2D eigenvalue weighted by Gasteiger charge is 2.20. The Hall–Kier alpha value is -0.980. The molecule has 0 bridgehead atoms. The van der Waals surface area contributed by atoms with Crippen LogP contribution in [-0.4, -0.2) is 21.5 Å². The summed E-state index contributed by atoms with van der Waals surface area (Å²) >= 11 is 0. The predicted octanol–water partition coefficient (Wildman–Crippen LogP) is 2.40. The maximum Gasteiger partial charge on any atom is 0.240 e. The molecule has 1 aromatic rings. The quantitative estimate of drug-likeness (QED) is 0.812. The zero-order valence-electron chi connectivity index (χ0n) is 12.4. The Bertz CT molecular complexity index is 569. The van der Waals surface area contributed by atoms with Gasteiger partial charge in [0.25, 0.3) is 0 Å². The molecule has 1 aromatic carbocycles. The van der Waals surface area contributed by atoms with Crippen molar-refractivity contribution >= 4 is 10.0 Å². The normalized spacial score (nSPS) is 16.5. The van der Waals surface area contributed by atoms with Crippen molar-refractivity contribution in [2.45, 2.75) is 44.0 Å². The predicted molar refractivity (Wildman–Crippen MR) is 80.9 cm³/mol. The van der Waals surface area contributed by atoms with Gasteiger partial charge in [0, 0.05) is 18.7 Å². The molecular weight excluding hydrogens is 291 g/mol. The van der Waals surface area contributed by atoms with Crippen molar-refractivity contribution in [3.63, 3.8) is 0 Å². The van der Waals surface area contributed by atoms with Crippen LogP contribution in [0.3, 0.4) is 0 Å². The fraction of sp³-hybridized carbons (Fsp3) is 0.600. The summed E-state index contributed by atoms with van der Waals surface area (Å²) in [5.74, 6) is 0.0483. The average Bonchev–Trinajstić information content (AvgIpc) is 2.97. The minimum Gasteiger partial charge on any atom is -0.313 e. The Morgan fingerprint density at radius 3 is 2.67 bits per heavy atom. The zero-order valence-corrected chi connectivity index (χ0v) is 13.2. The van der Waals surface area contributed by atoms with Crippen molar-refractivity contribution in [2.75, 3.05) is 13.1 Å². The van der Waals surface area contributed by atoms with Gasteiger partial charge >= 0.3 is 0 Å². The molecular formula is C15H23FN2O2S. The smallest absolute Gasteiger partial charge is 0.240 e. The second-order valence-corrected chi connectivity index (χ2v) is 7.30. The van der Waals surface area contributed by atoms with Gasteiger partial charge in [-0.3, -0.25) is 0 Å². The Morgan fingerprint density at radius 1 is 1.29 bits per heavy atom. The lowest BCUT2D eigenvalue weighted by Crippen LogP contribution is -2.28. The van der Waals surface area contributed by atoms with Crippen LogP contribution in [0, 0.1) is 11.7 Å². The van der Waals surface area contributed by atoms with Gasteiger partial charge in [0.2, 0.25) is 10.0 Å². The van der Waals surface area contributed by atoms with Crippen molar-refractivity contribution in [3.05, 3.63) is 29.6 Å². The van der Waals surface area contributed by atoms with Gasteiger partial charge in [-0.1, -0.05) is 19.8 Å². The highest BCUT2D eigenvalue weighted by molar-refractivity contribution is 7.89. The van der Waals surface area contributed by atoms with Gasteiger partial charge < -0.3 is 5.32 Å². The number of hydrogen-bond donors (Lipinski definition) is 2. The van der Waals surface area contributed by atoms with Gasteiger partial charge in [0.15, 0.2) is 0 Å². The monoisotopic (exact) mass is 314 g/mol. The molecule has 0 spiro atoms. The molecule has 0 atom stereocenters. The Kier molecular flexibility index (Phi) is 5.72. The number of nitrogens with one attached hydrogen (secondary N) is 2. The fourth-order valence-electron chi connectivity index (χ4n) is 2.64. The van der Waals surface area contributed by atoms with Crippen LogP contribution in [0.15, 0.2) is 23.1 Å². The van der Waals surface area contributed by atoms with Crippen LogP contribution in [0.4, 0.5) is 4.39 Å². The summed E-state index contributed by atoms with van der Waals surface area (Å²) in [6.45, 7) is 3.43. The van der Waals surface area contributed by atoms with Crippen LogP contribution in [0.1, 0.15) is 38.2 Å². The molecule has 0 amide bonds. The second kappa shape index (κ2) is 7.33. The van der Waals surface area contributed by atoms with E-state index in [9.17, 15) is 12.8 Å². The first-order valence-corrected chi connectivity index (χ1v) is 9.00. The molecule has 0 heterocycles. The number of halogens is 1. The lowest BCUT2D eigenvalue weighted by Gasteiger charge is -2.12. The van der Waals surface area contributed by atoms with E-state index in [1.165, 1.54) is 31.0 Å². The SMILES string of the molecule is CCNCc1cc(S(=O)(=O)NCC2CCCC2)ccc1F. The topological polar surface area (TPSA) is 58.2 Å². The Morgan fingerprint density at radius 2 is 2.00 bits per heavy atom. The van der Waals surface area contributed by atoms with Crippen molar-refractivity contribution in [3.8, 4) is 0 Å². The molecule has 2 rings (SSSR count). The van der Waals surface area contributed by atoms with E-state index in [0.29, 0.717) is 31.1 Å². The fourth-order valence-corrected chi connectivity index (χ4v) is 3.81. The molecule has 2 N–H and O–H groups in total.